The van der Waals surface area contributed by atoms with E-state index in [0.29, 0.717) is 16.8 Å². The number of benzene rings is 1. The summed E-state index contributed by atoms with van der Waals surface area (Å²) in [4.78, 5) is 14.6. The molecule has 0 amide bonds. The minimum atomic E-state index is -1.04. The third-order valence-electron chi connectivity index (χ3n) is 2.72. The third-order valence-corrected chi connectivity index (χ3v) is 2.94. The molecule has 104 valence electrons. The van der Waals surface area contributed by atoms with Crippen LogP contribution in [0.3, 0.4) is 0 Å². The van der Waals surface area contributed by atoms with Crippen LogP contribution in [0.15, 0.2) is 30.6 Å². The lowest BCUT2D eigenvalue weighted by atomic mass is 10.0. The predicted molar refractivity (Wildman–Crippen MR) is 77.5 cm³/mol. The van der Waals surface area contributed by atoms with Gasteiger partial charge in [0.25, 0.3) is 0 Å². The van der Waals surface area contributed by atoms with E-state index in [1.54, 1.807) is 6.07 Å². The second-order valence-corrected chi connectivity index (χ2v) is 5.07. The van der Waals surface area contributed by atoms with Crippen LogP contribution in [0.5, 0.6) is 0 Å². The highest BCUT2D eigenvalue weighted by Gasteiger charge is 2.08. The predicted octanol–water partition coefficient (Wildman–Crippen LogP) is 3.28. The summed E-state index contributed by atoms with van der Waals surface area (Å²) in [5, 5.41) is 13.4. The zero-order valence-corrected chi connectivity index (χ0v) is 11.9. The Morgan fingerprint density at radius 1 is 1.40 bits per heavy atom. The van der Waals surface area contributed by atoms with Gasteiger partial charge in [0.1, 0.15) is 6.33 Å². The summed E-state index contributed by atoms with van der Waals surface area (Å²) in [6, 6.07) is 5.68. The summed E-state index contributed by atoms with van der Waals surface area (Å²) < 4.78 is 1.35. The van der Waals surface area contributed by atoms with Crippen LogP contribution in [-0.4, -0.2) is 25.8 Å². The molecule has 5 nitrogen and oxygen atoms in total. The van der Waals surface area contributed by atoms with Crippen LogP contribution in [0.2, 0.25) is 5.02 Å². The van der Waals surface area contributed by atoms with Gasteiger partial charge in [-0.25, -0.2) is 14.5 Å². The first kappa shape index (κ1) is 14.3. The van der Waals surface area contributed by atoms with Gasteiger partial charge >= 0.3 is 5.97 Å². The van der Waals surface area contributed by atoms with Gasteiger partial charge in [-0.15, -0.1) is 5.10 Å². The molecule has 1 N–H and O–H groups in total. The highest BCUT2D eigenvalue weighted by molar-refractivity contribution is 6.30. The Morgan fingerprint density at radius 2 is 2.15 bits per heavy atom. The smallest absolute Gasteiger partial charge is 0.329 e. The van der Waals surface area contributed by atoms with E-state index in [1.165, 1.54) is 17.2 Å². The molecular weight excluding hydrogens is 278 g/mol. The Balaban J connectivity index is 2.34. The summed E-state index contributed by atoms with van der Waals surface area (Å²) in [6.45, 7) is 4.16. The molecule has 0 atom stereocenters. The molecule has 1 aromatic heterocycles. The van der Waals surface area contributed by atoms with Crippen molar-refractivity contribution < 1.29 is 9.90 Å². The van der Waals surface area contributed by atoms with Gasteiger partial charge in [0.2, 0.25) is 0 Å². The SMILES string of the molecule is CC(C)c1cc(Cl)cc(-c2ncn(/C=C\C(=O)O)n2)c1. The summed E-state index contributed by atoms with van der Waals surface area (Å²) in [7, 11) is 0. The molecule has 1 heterocycles. The summed E-state index contributed by atoms with van der Waals surface area (Å²) in [5.41, 5.74) is 1.91. The van der Waals surface area contributed by atoms with Crippen molar-refractivity contribution >= 4 is 23.8 Å². The van der Waals surface area contributed by atoms with Crippen molar-refractivity contribution in [3.8, 4) is 11.4 Å². The molecule has 0 aliphatic rings. The van der Waals surface area contributed by atoms with Crippen LogP contribution in [0.25, 0.3) is 17.6 Å². The summed E-state index contributed by atoms with van der Waals surface area (Å²) in [6.07, 6.45) is 3.77. The number of aromatic nitrogens is 3. The molecule has 0 aliphatic carbocycles. The largest absolute Gasteiger partial charge is 0.478 e. The zero-order chi connectivity index (χ0) is 14.7. The molecule has 0 aliphatic heterocycles. The number of halogens is 1. The summed E-state index contributed by atoms with van der Waals surface area (Å²) in [5.74, 6) is -0.183. The van der Waals surface area contributed by atoms with Gasteiger partial charge < -0.3 is 5.11 Å². The van der Waals surface area contributed by atoms with Gasteiger partial charge in [-0.1, -0.05) is 25.4 Å². The first-order valence-electron chi connectivity index (χ1n) is 6.09. The molecule has 0 saturated carbocycles. The van der Waals surface area contributed by atoms with Crippen molar-refractivity contribution in [2.45, 2.75) is 19.8 Å². The van der Waals surface area contributed by atoms with Crippen LogP contribution in [0.1, 0.15) is 25.3 Å². The molecule has 2 aromatic rings. The van der Waals surface area contributed by atoms with Crippen molar-refractivity contribution in [1.29, 1.82) is 0 Å². The number of carboxylic acids is 1. The van der Waals surface area contributed by atoms with Crippen molar-refractivity contribution in [3.05, 3.63) is 41.2 Å². The van der Waals surface area contributed by atoms with Crippen molar-refractivity contribution in [2.24, 2.45) is 0 Å². The highest BCUT2D eigenvalue weighted by atomic mass is 35.5. The molecule has 6 heteroatoms. The Morgan fingerprint density at radius 3 is 2.80 bits per heavy atom. The van der Waals surface area contributed by atoms with Crippen LogP contribution in [0.4, 0.5) is 0 Å². The van der Waals surface area contributed by atoms with Gasteiger partial charge in [-0.2, -0.15) is 0 Å². The topological polar surface area (TPSA) is 68.0 Å². The lowest BCUT2D eigenvalue weighted by Gasteiger charge is -2.07. The maximum atomic E-state index is 10.4. The number of hydrogen-bond donors (Lipinski definition) is 1. The van der Waals surface area contributed by atoms with E-state index in [-0.39, 0.29) is 0 Å². The number of aliphatic carboxylic acids is 1. The van der Waals surface area contributed by atoms with Crippen LogP contribution in [0, 0.1) is 0 Å². The van der Waals surface area contributed by atoms with Crippen molar-refractivity contribution in [3.63, 3.8) is 0 Å². The van der Waals surface area contributed by atoms with Crippen LogP contribution >= 0.6 is 11.6 Å². The van der Waals surface area contributed by atoms with E-state index in [2.05, 4.69) is 23.9 Å². The standard InChI is InChI=1S/C14H14ClN3O2/c1-9(2)10-5-11(7-12(15)6-10)14-16-8-18(17-14)4-3-13(19)20/h3-9H,1-2H3,(H,19,20)/b4-3-. The summed E-state index contributed by atoms with van der Waals surface area (Å²) >= 11 is 6.10. The molecule has 0 unspecified atom stereocenters. The van der Waals surface area contributed by atoms with Gasteiger partial charge in [0.05, 0.1) is 0 Å². The van der Waals surface area contributed by atoms with E-state index < -0.39 is 5.97 Å². The molecule has 0 spiro atoms. The monoisotopic (exact) mass is 291 g/mol. The van der Waals surface area contributed by atoms with E-state index in [4.69, 9.17) is 16.7 Å². The van der Waals surface area contributed by atoms with Gasteiger partial charge in [-0.05, 0) is 29.7 Å². The lowest BCUT2D eigenvalue weighted by molar-refractivity contribution is -0.131. The lowest BCUT2D eigenvalue weighted by Crippen LogP contribution is -1.93. The van der Waals surface area contributed by atoms with Crippen LogP contribution in [-0.2, 0) is 4.79 Å². The second kappa shape index (κ2) is 5.88. The maximum absolute atomic E-state index is 10.4. The number of carboxylic acid groups (broad SMARTS) is 1. The Kier molecular flexibility index (Phi) is 4.20. The fourth-order valence-corrected chi connectivity index (χ4v) is 1.94. The molecule has 20 heavy (non-hydrogen) atoms. The fraction of sp³-hybridized carbons (Fsp3) is 0.214. The van der Waals surface area contributed by atoms with Crippen molar-refractivity contribution in [1.82, 2.24) is 14.8 Å². The molecule has 0 saturated heterocycles. The average molecular weight is 292 g/mol. The molecule has 1 aromatic carbocycles. The van der Waals surface area contributed by atoms with Gasteiger partial charge in [0.15, 0.2) is 5.82 Å². The third kappa shape index (κ3) is 3.45. The van der Waals surface area contributed by atoms with E-state index in [0.717, 1.165) is 17.2 Å². The zero-order valence-electron chi connectivity index (χ0n) is 11.1. The molecule has 2 rings (SSSR count). The number of carbonyl (C=O) groups is 1. The van der Waals surface area contributed by atoms with E-state index in [1.807, 2.05) is 12.1 Å². The average Bonchev–Trinajstić information content (AvgIpc) is 2.84. The maximum Gasteiger partial charge on any atom is 0.329 e. The molecule has 0 fully saturated rings. The first-order chi connectivity index (χ1) is 9.45. The fourth-order valence-electron chi connectivity index (χ4n) is 1.69. The van der Waals surface area contributed by atoms with E-state index in [9.17, 15) is 4.79 Å². The minimum absolute atomic E-state index is 0.349. The van der Waals surface area contributed by atoms with Gasteiger partial charge in [-0.3, -0.25) is 0 Å². The Hall–Kier alpha value is -2.14. The van der Waals surface area contributed by atoms with Gasteiger partial charge in [0, 0.05) is 22.9 Å². The number of nitrogens with zero attached hydrogens (tertiary/aromatic N) is 3. The quantitative estimate of drug-likeness (QED) is 0.878. The Bertz CT molecular complexity index is 662. The molecule has 0 bridgehead atoms. The number of rotatable bonds is 4. The second-order valence-electron chi connectivity index (χ2n) is 4.63. The Labute approximate surface area is 121 Å². The molecular formula is C14H14ClN3O2. The highest BCUT2D eigenvalue weighted by Crippen LogP contribution is 2.26. The van der Waals surface area contributed by atoms with Crippen molar-refractivity contribution in [2.75, 3.05) is 0 Å². The first-order valence-corrected chi connectivity index (χ1v) is 6.46. The minimum Gasteiger partial charge on any atom is -0.478 e. The molecule has 0 radical (unpaired) electrons. The normalized spacial score (nSPS) is 11.4. The number of hydrogen-bond acceptors (Lipinski definition) is 3. The van der Waals surface area contributed by atoms with Crippen LogP contribution < -0.4 is 0 Å². The van der Waals surface area contributed by atoms with E-state index >= 15 is 0 Å².